The first-order valence-corrected chi connectivity index (χ1v) is 13.6. The first-order valence-electron chi connectivity index (χ1n) is 13.2. The van der Waals surface area contributed by atoms with E-state index in [-0.39, 0.29) is 35.4 Å². The predicted octanol–water partition coefficient (Wildman–Crippen LogP) is 7.30. The molecule has 11 heteroatoms. The number of benzene rings is 4. The monoisotopic (exact) mass is 588 g/mol. The first kappa shape index (κ1) is 29.9. The van der Waals surface area contributed by atoms with E-state index >= 15 is 0 Å². The van der Waals surface area contributed by atoms with Crippen LogP contribution in [0.5, 0.6) is 17.2 Å². The molecule has 0 saturated heterocycles. The molecule has 0 aliphatic rings. The van der Waals surface area contributed by atoms with Gasteiger partial charge in [-0.25, -0.2) is 4.79 Å². The molecule has 0 radical (unpaired) electrons. The number of halogens is 1. The Morgan fingerprint density at radius 1 is 0.905 bits per heavy atom. The van der Waals surface area contributed by atoms with E-state index in [2.05, 4.69) is 10.6 Å². The maximum atomic E-state index is 13.4. The van der Waals surface area contributed by atoms with Crippen LogP contribution >= 0.6 is 11.6 Å². The fraction of sp³-hybridized carbons (Fsp3) is 0.161. The van der Waals surface area contributed by atoms with E-state index in [0.29, 0.717) is 41.7 Å². The van der Waals surface area contributed by atoms with Crippen molar-refractivity contribution in [1.82, 2.24) is 5.32 Å². The smallest absolute Gasteiger partial charge is 0.326 e. The predicted molar refractivity (Wildman–Crippen MR) is 162 cm³/mol. The minimum absolute atomic E-state index is 0.0177. The van der Waals surface area contributed by atoms with Gasteiger partial charge in [0.1, 0.15) is 17.2 Å². The van der Waals surface area contributed by atoms with Gasteiger partial charge in [-0.15, -0.1) is 0 Å². The molecule has 0 unspecified atom stereocenters. The minimum Gasteiger partial charge on any atom is -0.494 e. The number of rotatable bonds is 12. The van der Waals surface area contributed by atoms with Crippen molar-refractivity contribution in [2.75, 3.05) is 29.9 Å². The molecule has 216 valence electrons. The number of hydrogen-bond donors (Lipinski definition) is 2. The molecule has 0 atom stereocenters. The highest BCUT2D eigenvalue weighted by atomic mass is 35.5. The second-order valence-electron chi connectivity index (χ2n) is 8.98. The average Bonchev–Trinajstić information content (AvgIpc) is 2.99. The summed E-state index contributed by atoms with van der Waals surface area (Å²) in [5.74, 6) is 1.54. The van der Waals surface area contributed by atoms with Gasteiger partial charge in [-0.3, -0.25) is 19.8 Å². The Hall–Kier alpha value is -5.09. The Morgan fingerprint density at radius 3 is 2.21 bits per heavy atom. The van der Waals surface area contributed by atoms with Crippen LogP contribution in [0.2, 0.25) is 5.02 Å². The Morgan fingerprint density at radius 2 is 1.57 bits per heavy atom. The summed E-state index contributed by atoms with van der Waals surface area (Å²) in [6.45, 7) is 2.94. The summed E-state index contributed by atoms with van der Waals surface area (Å²) in [7, 11) is 0. The van der Waals surface area contributed by atoms with Gasteiger partial charge in [0, 0.05) is 36.6 Å². The maximum absolute atomic E-state index is 13.4. The number of urea groups is 1. The molecular weight excluding hydrogens is 560 g/mol. The number of anilines is 2. The number of nitrogens with zero attached hydrogens (tertiary/aromatic N) is 2. The number of non-ortho nitro benzene ring substituents is 1. The van der Waals surface area contributed by atoms with Gasteiger partial charge in [0.25, 0.3) is 11.6 Å². The van der Waals surface area contributed by atoms with Crippen molar-refractivity contribution in [2.45, 2.75) is 13.3 Å². The van der Waals surface area contributed by atoms with Gasteiger partial charge in [0.05, 0.1) is 22.1 Å². The fourth-order valence-electron chi connectivity index (χ4n) is 3.99. The van der Waals surface area contributed by atoms with Crippen LogP contribution in [0.25, 0.3) is 0 Å². The molecule has 42 heavy (non-hydrogen) atoms. The van der Waals surface area contributed by atoms with E-state index < -0.39 is 10.8 Å². The molecule has 4 aromatic rings. The molecule has 0 aromatic heterocycles. The van der Waals surface area contributed by atoms with Gasteiger partial charge in [0.2, 0.25) is 0 Å². The standard InChI is InChI=1S/C31H29ClN4O6/c1-2-41-25-14-9-22(10-15-25)34-31(38)35(23-11-16-27(17-12-23)42-26-7-4-3-5-8-26)20-6-19-33-30(37)28-18-13-24(36(39)40)21-29(28)32/h3-5,7-18,21H,2,6,19-20H2,1H3,(H,33,37)(H,34,38). The number of carbonyl (C=O) groups excluding carboxylic acids is 2. The van der Waals surface area contributed by atoms with Crippen molar-refractivity contribution < 1.29 is 24.0 Å². The number of nitrogens with one attached hydrogen (secondary N) is 2. The number of nitro groups is 1. The van der Waals surface area contributed by atoms with Crippen LogP contribution in [0.4, 0.5) is 21.9 Å². The Labute approximate surface area is 248 Å². The summed E-state index contributed by atoms with van der Waals surface area (Å²) in [5, 5.41) is 16.6. The lowest BCUT2D eigenvalue weighted by atomic mass is 10.2. The largest absolute Gasteiger partial charge is 0.494 e. The molecule has 0 bridgehead atoms. The third-order valence-electron chi connectivity index (χ3n) is 6.04. The van der Waals surface area contributed by atoms with Crippen LogP contribution in [-0.2, 0) is 0 Å². The number of amides is 3. The van der Waals surface area contributed by atoms with E-state index in [1.54, 1.807) is 53.4 Å². The van der Waals surface area contributed by atoms with Crippen molar-refractivity contribution in [3.05, 3.63) is 118 Å². The van der Waals surface area contributed by atoms with Crippen LogP contribution in [0.3, 0.4) is 0 Å². The summed E-state index contributed by atoms with van der Waals surface area (Å²) in [6.07, 6.45) is 0.412. The first-order chi connectivity index (χ1) is 20.3. The molecule has 0 saturated carbocycles. The third-order valence-corrected chi connectivity index (χ3v) is 6.35. The molecule has 0 aliphatic heterocycles. The molecule has 0 heterocycles. The van der Waals surface area contributed by atoms with Gasteiger partial charge >= 0.3 is 6.03 Å². The van der Waals surface area contributed by atoms with Crippen molar-refractivity contribution >= 4 is 40.6 Å². The van der Waals surface area contributed by atoms with Crippen LogP contribution in [-0.4, -0.2) is 36.6 Å². The lowest BCUT2D eigenvalue weighted by Gasteiger charge is -2.24. The SMILES string of the molecule is CCOc1ccc(NC(=O)N(CCCNC(=O)c2ccc([N+](=O)[O-])cc2Cl)c2ccc(Oc3ccccc3)cc2)cc1. The average molecular weight is 589 g/mol. The van der Waals surface area contributed by atoms with Gasteiger partial charge in [-0.05, 0) is 80.1 Å². The van der Waals surface area contributed by atoms with E-state index in [1.165, 1.54) is 12.1 Å². The molecule has 10 nitrogen and oxygen atoms in total. The summed E-state index contributed by atoms with van der Waals surface area (Å²) in [5.41, 5.74) is 1.15. The molecule has 0 aliphatic carbocycles. The number of nitro benzene ring substituents is 1. The molecule has 4 aromatic carbocycles. The lowest BCUT2D eigenvalue weighted by Crippen LogP contribution is -2.37. The van der Waals surface area contributed by atoms with Gasteiger partial charge in [-0.1, -0.05) is 29.8 Å². The van der Waals surface area contributed by atoms with Gasteiger partial charge in [-0.2, -0.15) is 0 Å². The van der Waals surface area contributed by atoms with Crippen LogP contribution in [0.15, 0.2) is 97.1 Å². The molecule has 4 rings (SSSR count). The van der Waals surface area contributed by atoms with E-state index in [4.69, 9.17) is 21.1 Å². The zero-order valence-electron chi connectivity index (χ0n) is 22.8. The van der Waals surface area contributed by atoms with Gasteiger partial charge in [0.15, 0.2) is 0 Å². The molecule has 3 amide bonds. The van der Waals surface area contributed by atoms with Crippen LogP contribution in [0, 0.1) is 10.1 Å². The minimum atomic E-state index is -0.582. The molecule has 0 spiro atoms. The zero-order chi connectivity index (χ0) is 29.9. The fourth-order valence-corrected chi connectivity index (χ4v) is 4.26. The quantitative estimate of drug-likeness (QED) is 0.102. The second kappa shape index (κ2) is 14.5. The number of hydrogen-bond acceptors (Lipinski definition) is 6. The normalized spacial score (nSPS) is 10.4. The van der Waals surface area contributed by atoms with Crippen molar-refractivity contribution in [1.29, 1.82) is 0 Å². The lowest BCUT2D eigenvalue weighted by molar-refractivity contribution is -0.384. The van der Waals surface area contributed by atoms with Crippen molar-refractivity contribution in [2.24, 2.45) is 0 Å². The van der Waals surface area contributed by atoms with Crippen LogP contribution < -0.4 is 25.0 Å². The van der Waals surface area contributed by atoms with E-state index in [9.17, 15) is 19.7 Å². The highest BCUT2D eigenvalue weighted by molar-refractivity contribution is 6.34. The summed E-state index contributed by atoms with van der Waals surface area (Å²) in [6, 6.07) is 26.8. The highest BCUT2D eigenvalue weighted by Gasteiger charge is 2.18. The second-order valence-corrected chi connectivity index (χ2v) is 9.39. The third kappa shape index (κ3) is 8.21. The van der Waals surface area contributed by atoms with E-state index in [1.807, 2.05) is 37.3 Å². The van der Waals surface area contributed by atoms with Crippen molar-refractivity contribution in [3.63, 3.8) is 0 Å². The summed E-state index contributed by atoms with van der Waals surface area (Å²) < 4.78 is 11.3. The zero-order valence-corrected chi connectivity index (χ0v) is 23.5. The highest BCUT2D eigenvalue weighted by Crippen LogP contribution is 2.26. The number of ether oxygens (including phenoxy) is 2. The van der Waals surface area contributed by atoms with Crippen molar-refractivity contribution in [3.8, 4) is 17.2 Å². The molecule has 0 fully saturated rings. The van der Waals surface area contributed by atoms with E-state index in [0.717, 1.165) is 6.07 Å². The summed E-state index contributed by atoms with van der Waals surface area (Å²) >= 11 is 6.08. The Bertz CT molecular complexity index is 1520. The maximum Gasteiger partial charge on any atom is 0.326 e. The summed E-state index contributed by atoms with van der Waals surface area (Å²) in [4.78, 5) is 37.9. The Kier molecular flexibility index (Phi) is 10.3. The van der Waals surface area contributed by atoms with Gasteiger partial charge < -0.3 is 20.1 Å². The van der Waals surface area contributed by atoms with Crippen LogP contribution in [0.1, 0.15) is 23.7 Å². The molecular formula is C31H29ClN4O6. The number of carbonyl (C=O) groups is 2. The topological polar surface area (TPSA) is 123 Å². The number of para-hydroxylation sites is 1. The Balaban J connectivity index is 1.43. The molecule has 2 N–H and O–H groups in total.